The van der Waals surface area contributed by atoms with Crippen molar-refractivity contribution in [2.75, 3.05) is 18.0 Å². The number of rotatable bonds is 3. The predicted octanol–water partition coefficient (Wildman–Crippen LogP) is 2.65. The van der Waals surface area contributed by atoms with Crippen LogP contribution in [0.2, 0.25) is 0 Å². The molecule has 1 unspecified atom stereocenters. The molecule has 1 saturated heterocycles. The van der Waals surface area contributed by atoms with E-state index in [-0.39, 0.29) is 11.5 Å². The fraction of sp³-hybridized carbons (Fsp3) is 0.263. The first-order valence-corrected chi connectivity index (χ1v) is 14.4. The Labute approximate surface area is 193 Å². The van der Waals surface area contributed by atoms with Crippen LogP contribution in [-0.2, 0) is 7.05 Å². The van der Waals surface area contributed by atoms with Crippen LogP contribution in [-0.4, -0.2) is 47.2 Å². The van der Waals surface area contributed by atoms with E-state index in [9.17, 15) is 11.1 Å². The summed E-state index contributed by atoms with van der Waals surface area (Å²) in [7, 11) is 1.73. The number of hydrogen-bond donors (Lipinski definition) is 1. The third-order valence-corrected chi connectivity index (χ3v) is 5.18. The van der Waals surface area contributed by atoms with E-state index in [4.69, 9.17) is 4.98 Å². The summed E-state index contributed by atoms with van der Waals surface area (Å²) < 4.78 is 33.1. The Morgan fingerprint density at radius 1 is 1.22 bits per heavy atom. The van der Waals surface area contributed by atoms with Crippen LogP contribution in [0.3, 0.4) is 0 Å². The van der Waals surface area contributed by atoms with E-state index in [0.717, 1.165) is 42.4 Å². The molecule has 5 heterocycles. The van der Waals surface area contributed by atoms with Crippen molar-refractivity contribution in [3.05, 3.63) is 65.6 Å². The summed E-state index contributed by atoms with van der Waals surface area (Å²) >= 11 is -5.23. The van der Waals surface area contributed by atoms with Crippen molar-refractivity contribution < 1.29 is 34.4 Å². The molecule has 0 aromatic carbocycles. The van der Waals surface area contributed by atoms with Crippen molar-refractivity contribution in [3.8, 4) is 11.5 Å². The van der Waals surface area contributed by atoms with Crippen LogP contribution < -0.4 is 10.5 Å². The van der Waals surface area contributed by atoms with Gasteiger partial charge in [-0.3, -0.25) is 19.6 Å². The summed E-state index contributed by atoms with van der Waals surface area (Å²) in [6.07, 6.45) is 7.98. The Bertz CT molecular complexity index is 1280. The molecule has 13 heteroatoms. The van der Waals surface area contributed by atoms with Gasteiger partial charge in [0.2, 0.25) is 0 Å². The molecule has 0 spiro atoms. The van der Waals surface area contributed by atoms with Gasteiger partial charge < -0.3 is 9.30 Å². The number of aryl methyl sites for hydroxylation is 1. The van der Waals surface area contributed by atoms with Gasteiger partial charge >= 0.3 is 34.4 Å². The average Bonchev–Trinajstić information content (AvgIpc) is 3.47. The van der Waals surface area contributed by atoms with Gasteiger partial charge in [-0.2, -0.15) is 0 Å². The van der Waals surface area contributed by atoms with Crippen LogP contribution in [0.1, 0.15) is 23.7 Å². The molecule has 167 valence electrons. The quantitative estimate of drug-likeness (QED) is 0.337. The Morgan fingerprint density at radius 3 is 2.72 bits per heavy atom. The average molecular weight is 670 g/mol. The van der Waals surface area contributed by atoms with E-state index in [0.29, 0.717) is 11.5 Å². The van der Waals surface area contributed by atoms with Crippen LogP contribution in [0.25, 0.3) is 17.2 Å². The molecule has 4 aromatic heterocycles. The van der Waals surface area contributed by atoms with Gasteiger partial charge in [0, 0.05) is 44.0 Å². The monoisotopic (exact) mass is 670 g/mol. The van der Waals surface area contributed by atoms with E-state index in [1.165, 1.54) is 4.68 Å². The number of hydrogen-bond acceptors (Lipinski definition) is 6. The summed E-state index contributed by atoms with van der Waals surface area (Å²) in [4.78, 5) is 31.7. The molecular weight excluding hydrogens is 651 g/mol. The van der Waals surface area contributed by atoms with Gasteiger partial charge in [0.25, 0.3) is 5.56 Å². The zero-order valence-corrected chi connectivity index (χ0v) is 21.2. The fourth-order valence-corrected chi connectivity index (χ4v) is 3.69. The van der Waals surface area contributed by atoms with Gasteiger partial charge in [-0.15, -0.1) is 6.20 Å². The molecule has 0 aliphatic carbocycles. The van der Waals surface area contributed by atoms with Gasteiger partial charge in [-0.05, 0) is 12.5 Å². The minimum absolute atomic E-state index is 0.00958. The topological polar surface area (TPSA) is 97.0 Å². The summed E-state index contributed by atoms with van der Waals surface area (Å²) in [5, 5.41) is 3.14. The van der Waals surface area contributed by atoms with Gasteiger partial charge in [-0.25, -0.2) is 21.9 Å². The van der Waals surface area contributed by atoms with Crippen molar-refractivity contribution in [3.63, 3.8) is 0 Å². The number of nitrogens with zero attached hydrogens (tertiary/aromatic N) is 7. The van der Waals surface area contributed by atoms with Crippen molar-refractivity contribution in [2.45, 2.75) is 12.3 Å². The molecule has 4 aromatic rings. The fourth-order valence-electron chi connectivity index (χ4n) is 3.69. The Morgan fingerprint density at radius 2 is 2.00 bits per heavy atom. The summed E-state index contributed by atoms with van der Waals surface area (Å²) in [5.74, 6) is 1.75. The third-order valence-electron chi connectivity index (χ3n) is 5.18. The molecule has 1 atom stereocenters. The first-order chi connectivity index (χ1) is 15.3. The first kappa shape index (κ1) is 22.4. The molecule has 0 amide bonds. The minimum atomic E-state index is -5.23. The second-order valence-electron chi connectivity index (χ2n) is 7.24. The van der Waals surface area contributed by atoms with E-state index in [1.807, 2.05) is 16.7 Å². The van der Waals surface area contributed by atoms with Gasteiger partial charge in [0.05, 0.1) is 18.1 Å². The van der Waals surface area contributed by atoms with Crippen molar-refractivity contribution in [2.24, 2.45) is 7.05 Å². The second kappa shape index (κ2) is 9.38. The normalized spacial score (nSPS) is 15.6. The van der Waals surface area contributed by atoms with Crippen molar-refractivity contribution in [1.29, 1.82) is 0 Å². The van der Waals surface area contributed by atoms with Crippen LogP contribution in [0.15, 0.2) is 41.7 Å². The number of aromatic amines is 1. The van der Waals surface area contributed by atoms with Crippen LogP contribution in [0.4, 0.5) is 12.1 Å². The van der Waals surface area contributed by atoms with Gasteiger partial charge in [0.15, 0.2) is 5.82 Å². The van der Waals surface area contributed by atoms with E-state index in [1.54, 1.807) is 31.7 Å². The molecule has 1 aliphatic heterocycles. The molecule has 0 bridgehead atoms. The second-order valence-corrected chi connectivity index (χ2v) is 9.03. The number of halogens is 3. The SMILES string of the molecule is [CH2-]c1cn2c(-c3nccc(N4CCC(c5cc(=O)n(C)[nH]5)C4)n3)cnc2cn1.[F][U]([F])[F]. The summed E-state index contributed by atoms with van der Waals surface area (Å²) in [6.45, 7) is 5.55. The number of fused-ring (bicyclic) bond motifs is 1. The first-order valence-electron chi connectivity index (χ1n) is 9.64. The molecule has 1 fully saturated rings. The maximum atomic E-state index is 11.7. The zero-order valence-electron chi connectivity index (χ0n) is 17.0. The summed E-state index contributed by atoms with van der Waals surface area (Å²) in [6, 6.07) is 3.60. The van der Waals surface area contributed by atoms with Gasteiger partial charge in [-0.1, -0.05) is 5.69 Å². The summed E-state index contributed by atoms with van der Waals surface area (Å²) in [5.41, 5.74) is 3.14. The molecule has 1 N–H and O–H groups in total. The van der Waals surface area contributed by atoms with E-state index in [2.05, 4.69) is 31.9 Å². The number of aromatic nitrogens is 7. The third kappa shape index (κ3) is 4.83. The van der Waals surface area contributed by atoms with E-state index < -0.39 is 28.1 Å². The zero-order chi connectivity index (χ0) is 22.8. The Kier molecular flexibility index (Phi) is 6.57. The molecule has 1 aliphatic rings. The van der Waals surface area contributed by atoms with Crippen molar-refractivity contribution in [1.82, 2.24) is 34.1 Å². The van der Waals surface area contributed by atoms with Crippen molar-refractivity contribution >= 4 is 11.5 Å². The van der Waals surface area contributed by atoms with Gasteiger partial charge in [0.1, 0.15) is 11.5 Å². The standard InChI is InChI=1S/C19H19N8O.3FH.U/c1-12-10-27-15(8-22-17(27)9-21-12)19-20-5-3-16(23-19)26-6-4-13(11-26)14-7-18(28)25(2)24-14;;;;/h3,5,7-10,13,24H,1,4,6,11H2,2H3;3*1H;/q-1;;;;+3/p-3. The Hall–Kier alpha value is -2.78. The van der Waals surface area contributed by atoms with Crippen LogP contribution in [0, 0.1) is 35.0 Å². The number of H-pyrrole nitrogens is 1. The molecule has 0 saturated carbocycles. The predicted molar refractivity (Wildman–Crippen MR) is 107 cm³/mol. The molecule has 5 rings (SSSR count). The molecular formula is C19H19F3N8OU-. The number of imidazole rings is 1. The molecule has 32 heavy (non-hydrogen) atoms. The van der Waals surface area contributed by atoms with E-state index >= 15 is 0 Å². The number of anilines is 1. The van der Waals surface area contributed by atoms with Crippen LogP contribution >= 0.6 is 0 Å². The van der Waals surface area contributed by atoms with Crippen LogP contribution in [0.5, 0.6) is 0 Å². The maximum absolute atomic E-state index is 11.7. The Balaban J connectivity index is 0.000000567. The molecule has 0 radical (unpaired) electrons. The number of nitrogens with one attached hydrogen (secondary N) is 1. The molecule has 9 nitrogen and oxygen atoms in total.